The van der Waals surface area contributed by atoms with Crippen LogP contribution in [0.15, 0.2) is 60.7 Å². The van der Waals surface area contributed by atoms with Gasteiger partial charge in [-0.05, 0) is 5.56 Å². The van der Waals surface area contributed by atoms with E-state index >= 15 is 0 Å². The molecule has 0 saturated carbocycles. The molecule has 7 nitrogen and oxygen atoms in total. The van der Waals surface area contributed by atoms with Crippen LogP contribution in [0.1, 0.15) is 24.3 Å². The Kier molecular flexibility index (Phi) is 7.53. The molecular formula is C25H27NO6. The third kappa shape index (κ3) is 5.36. The molecule has 6 atom stereocenters. The van der Waals surface area contributed by atoms with E-state index in [1.807, 2.05) is 60.7 Å². The van der Waals surface area contributed by atoms with Gasteiger partial charge in [-0.1, -0.05) is 66.6 Å². The maximum atomic E-state index is 12.0. The average Bonchev–Trinajstić information content (AvgIpc) is 2.82. The highest BCUT2D eigenvalue weighted by atomic mass is 16.7. The molecule has 2 aliphatic rings. The molecule has 1 N–H and O–H groups in total. The Labute approximate surface area is 187 Å². The molecule has 0 bridgehead atoms. The minimum absolute atomic E-state index is 0.0651. The van der Waals surface area contributed by atoms with Crippen molar-refractivity contribution in [3.05, 3.63) is 71.8 Å². The zero-order valence-corrected chi connectivity index (χ0v) is 17.9. The van der Waals surface area contributed by atoms with Gasteiger partial charge in [0.05, 0.1) is 13.2 Å². The van der Waals surface area contributed by atoms with Gasteiger partial charge in [0.15, 0.2) is 12.6 Å². The first-order valence-corrected chi connectivity index (χ1v) is 10.6. The maximum absolute atomic E-state index is 12.0. The standard InChI is InChI=1S/C25H27NO6/c1-3-14-28-23-21(26-17(2)27)25(29-15-18-10-6-4-7-11-18)31-20-16-30-24(32-22(20)23)19-12-8-5-9-13-19/h1,4-13,20-25H,14-16H2,2H3,(H,26,27)/t20-,21-,22+,23-,24+,25+/m0/s1. The summed E-state index contributed by atoms with van der Waals surface area (Å²) < 4.78 is 30.5. The van der Waals surface area contributed by atoms with Crippen molar-refractivity contribution in [1.82, 2.24) is 5.32 Å². The van der Waals surface area contributed by atoms with Crippen LogP contribution >= 0.6 is 0 Å². The third-order valence-corrected chi connectivity index (χ3v) is 5.40. The zero-order chi connectivity index (χ0) is 22.3. The van der Waals surface area contributed by atoms with Crippen molar-refractivity contribution in [1.29, 1.82) is 0 Å². The number of carbonyl (C=O) groups excluding carboxylic acids is 1. The van der Waals surface area contributed by atoms with Gasteiger partial charge < -0.3 is 29.0 Å². The fourth-order valence-corrected chi connectivity index (χ4v) is 3.98. The van der Waals surface area contributed by atoms with Crippen molar-refractivity contribution in [2.45, 2.75) is 50.5 Å². The summed E-state index contributed by atoms with van der Waals surface area (Å²) in [6.45, 7) is 2.11. The second-order valence-corrected chi connectivity index (χ2v) is 7.72. The van der Waals surface area contributed by atoms with E-state index in [9.17, 15) is 4.79 Å². The molecule has 0 unspecified atom stereocenters. The number of carbonyl (C=O) groups is 1. The summed E-state index contributed by atoms with van der Waals surface area (Å²) in [6, 6.07) is 18.8. The van der Waals surface area contributed by atoms with Crippen LogP contribution in [-0.4, -0.2) is 49.8 Å². The molecule has 2 aromatic rings. The summed E-state index contributed by atoms with van der Waals surface area (Å²) in [4.78, 5) is 12.0. The fourth-order valence-electron chi connectivity index (χ4n) is 3.98. The predicted octanol–water partition coefficient (Wildman–Crippen LogP) is 2.57. The van der Waals surface area contributed by atoms with Crippen LogP contribution < -0.4 is 5.32 Å². The van der Waals surface area contributed by atoms with Crippen molar-refractivity contribution in [3.63, 3.8) is 0 Å². The van der Waals surface area contributed by atoms with Gasteiger partial charge in [-0.3, -0.25) is 4.79 Å². The SMILES string of the molecule is C#CCO[C@H]1[C@H](NC(C)=O)[C@H](OCc2ccccc2)O[C@H]2CO[C@@H](c3ccccc3)O[C@@H]12. The van der Waals surface area contributed by atoms with Crippen LogP contribution in [0.2, 0.25) is 0 Å². The van der Waals surface area contributed by atoms with Crippen molar-refractivity contribution in [2.75, 3.05) is 13.2 Å². The van der Waals surface area contributed by atoms with Crippen molar-refractivity contribution in [2.24, 2.45) is 0 Å². The van der Waals surface area contributed by atoms with E-state index < -0.39 is 36.9 Å². The van der Waals surface area contributed by atoms with Crippen molar-refractivity contribution < 1.29 is 28.5 Å². The Balaban J connectivity index is 1.55. The number of rotatable bonds is 7. The molecule has 2 fully saturated rings. The fraction of sp³-hybridized carbons (Fsp3) is 0.400. The summed E-state index contributed by atoms with van der Waals surface area (Å²) in [7, 11) is 0. The second kappa shape index (κ2) is 10.7. The monoisotopic (exact) mass is 437 g/mol. The molecule has 7 heteroatoms. The first kappa shape index (κ1) is 22.5. The second-order valence-electron chi connectivity index (χ2n) is 7.72. The Morgan fingerprint density at radius 2 is 1.81 bits per heavy atom. The minimum Gasteiger partial charge on any atom is -0.360 e. The minimum atomic E-state index is -0.761. The molecule has 168 valence electrons. The van der Waals surface area contributed by atoms with Crippen LogP contribution in [-0.2, 0) is 35.1 Å². The van der Waals surface area contributed by atoms with E-state index in [2.05, 4.69) is 11.2 Å². The molecular weight excluding hydrogens is 410 g/mol. The molecule has 4 rings (SSSR count). The Hall–Kier alpha value is -2.73. The topological polar surface area (TPSA) is 75.3 Å². The number of benzene rings is 2. The Bertz CT molecular complexity index is 915. The molecule has 2 aliphatic heterocycles. The lowest BCUT2D eigenvalue weighted by atomic mass is 9.95. The molecule has 2 saturated heterocycles. The molecule has 1 amide bonds. The lowest BCUT2D eigenvalue weighted by Crippen LogP contribution is -2.67. The number of nitrogens with one attached hydrogen (secondary N) is 1. The zero-order valence-electron chi connectivity index (χ0n) is 17.9. The molecule has 0 aromatic heterocycles. The van der Waals surface area contributed by atoms with Gasteiger partial charge in [0.2, 0.25) is 5.91 Å². The van der Waals surface area contributed by atoms with Gasteiger partial charge >= 0.3 is 0 Å². The Morgan fingerprint density at radius 3 is 2.50 bits per heavy atom. The van der Waals surface area contributed by atoms with Gasteiger partial charge in [0, 0.05) is 12.5 Å². The van der Waals surface area contributed by atoms with Gasteiger partial charge in [0.1, 0.15) is 31.0 Å². The molecule has 0 aliphatic carbocycles. The number of fused-ring (bicyclic) bond motifs is 1. The summed E-state index contributed by atoms with van der Waals surface area (Å²) >= 11 is 0. The summed E-state index contributed by atoms with van der Waals surface area (Å²) in [5, 5.41) is 2.91. The lowest BCUT2D eigenvalue weighted by Gasteiger charge is -2.49. The molecule has 0 radical (unpaired) electrons. The third-order valence-electron chi connectivity index (χ3n) is 5.40. The number of terminal acetylenes is 1. The summed E-state index contributed by atoms with van der Waals surface area (Å²) in [6.07, 6.45) is 2.60. The van der Waals surface area contributed by atoms with Crippen LogP contribution in [0.4, 0.5) is 0 Å². The van der Waals surface area contributed by atoms with Crippen molar-refractivity contribution >= 4 is 5.91 Å². The lowest BCUT2D eigenvalue weighted by molar-refractivity contribution is -0.348. The van der Waals surface area contributed by atoms with Crippen LogP contribution in [0.5, 0.6) is 0 Å². The normalized spacial score (nSPS) is 29.5. The number of hydrogen-bond acceptors (Lipinski definition) is 6. The largest absolute Gasteiger partial charge is 0.360 e. The van der Waals surface area contributed by atoms with Gasteiger partial charge in [-0.25, -0.2) is 0 Å². The van der Waals surface area contributed by atoms with Crippen LogP contribution in [0.25, 0.3) is 0 Å². The smallest absolute Gasteiger partial charge is 0.217 e. The molecule has 2 aromatic carbocycles. The van der Waals surface area contributed by atoms with Gasteiger partial charge in [-0.2, -0.15) is 0 Å². The number of amides is 1. The highest BCUT2D eigenvalue weighted by Gasteiger charge is 2.51. The predicted molar refractivity (Wildman–Crippen MR) is 116 cm³/mol. The van der Waals surface area contributed by atoms with E-state index in [0.717, 1.165) is 11.1 Å². The Morgan fingerprint density at radius 1 is 1.09 bits per heavy atom. The van der Waals surface area contributed by atoms with E-state index in [0.29, 0.717) is 6.61 Å². The molecule has 0 spiro atoms. The average molecular weight is 437 g/mol. The summed E-state index contributed by atoms with van der Waals surface area (Å²) in [5.41, 5.74) is 1.88. The molecule has 32 heavy (non-hydrogen) atoms. The molecule has 2 heterocycles. The van der Waals surface area contributed by atoms with E-state index in [1.54, 1.807) is 0 Å². The summed E-state index contributed by atoms with van der Waals surface area (Å²) in [5.74, 6) is 2.27. The first-order valence-electron chi connectivity index (χ1n) is 10.6. The number of ether oxygens (including phenoxy) is 5. The highest BCUT2D eigenvalue weighted by molar-refractivity contribution is 5.73. The first-order chi connectivity index (χ1) is 15.7. The van der Waals surface area contributed by atoms with Gasteiger partial charge in [-0.15, -0.1) is 6.42 Å². The van der Waals surface area contributed by atoms with Crippen molar-refractivity contribution in [3.8, 4) is 12.3 Å². The van der Waals surface area contributed by atoms with Gasteiger partial charge in [0.25, 0.3) is 0 Å². The maximum Gasteiger partial charge on any atom is 0.217 e. The van der Waals surface area contributed by atoms with Crippen LogP contribution in [0, 0.1) is 12.3 Å². The highest BCUT2D eigenvalue weighted by Crippen LogP contribution is 2.35. The van der Waals surface area contributed by atoms with E-state index in [1.165, 1.54) is 6.92 Å². The number of hydrogen-bond donors (Lipinski definition) is 1. The van der Waals surface area contributed by atoms with E-state index in [4.69, 9.17) is 30.1 Å². The van der Waals surface area contributed by atoms with Crippen LogP contribution in [0.3, 0.4) is 0 Å². The quantitative estimate of drug-likeness (QED) is 0.671. The van der Waals surface area contributed by atoms with E-state index in [-0.39, 0.29) is 19.1 Å².